The van der Waals surface area contributed by atoms with Gasteiger partial charge in [0.1, 0.15) is 0 Å². The first-order valence-electron chi connectivity index (χ1n) is 7.45. The summed E-state index contributed by atoms with van der Waals surface area (Å²) in [5, 5.41) is 0. The molecular weight excluding hydrogens is 244 g/mol. The van der Waals surface area contributed by atoms with E-state index in [0.717, 1.165) is 19.4 Å². The van der Waals surface area contributed by atoms with Crippen LogP contribution in [0.15, 0.2) is 60.7 Å². The van der Waals surface area contributed by atoms with Gasteiger partial charge in [-0.25, -0.2) is 0 Å². The van der Waals surface area contributed by atoms with Crippen LogP contribution in [0.3, 0.4) is 0 Å². The predicted octanol–water partition coefficient (Wildman–Crippen LogP) is 4.51. The van der Waals surface area contributed by atoms with E-state index in [-0.39, 0.29) is 0 Å². The van der Waals surface area contributed by atoms with Gasteiger partial charge >= 0.3 is 0 Å². The van der Waals surface area contributed by atoms with Crippen LogP contribution in [0.5, 0.6) is 0 Å². The molecule has 0 bridgehead atoms. The maximum absolute atomic E-state index is 5.38. The molecular formula is C19H24O. The lowest BCUT2D eigenvalue weighted by Crippen LogP contribution is -2.11. The van der Waals surface area contributed by atoms with Gasteiger partial charge in [0.25, 0.3) is 0 Å². The Morgan fingerprint density at radius 2 is 1.20 bits per heavy atom. The molecule has 0 aromatic heterocycles. The molecule has 0 radical (unpaired) electrons. The van der Waals surface area contributed by atoms with Crippen LogP contribution in [0.1, 0.15) is 24.0 Å². The summed E-state index contributed by atoms with van der Waals surface area (Å²) in [5.74, 6) is 0.639. The van der Waals surface area contributed by atoms with Crippen molar-refractivity contribution in [2.45, 2.75) is 25.7 Å². The zero-order valence-electron chi connectivity index (χ0n) is 12.3. The minimum Gasteiger partial charge on any atom is -0.384 e. The monoisotopic (exact) mass is 268 g/mol. The molecule has 2 aromatic carbocycles. The molecule has 0 saturated heterocycles. The number of methoxy groups -OCH3 is 1. The summed E-state index contributed by atoms with van der Waals surface area (Å²) in [5.41, 5.74) is 2.85. The second-order valence-electron chi connectivity index (χ2n) is 5.37. The van der Waals surface area contributed by atoms with Gasteiger partial charge in [-0.3, -0.25) is 0 Å². The van der Waals surface area contributed by atoms with Crippen LogP contribution in [0, 0.1) is 5.92 Å². The largest absolute Gasteiger partial charge is 0.384 e. The molecule has 2 aromatic rings. The average Bonchev–Trinajstić information content (AvgIpc) is 2.52. The second-order valence-corrected chi connectivity index (χ2v) is 5.37. The zero-order chi connectivity index (χ0) is 14.0. The van der Waals surface area contributed by atoms with Gasteiger partial charge in [-0.1, -0.05) is 60.7 Å². The molecule has 0 aliphatic carbocycles. The first kappa shape index (κ1) is 14.8. The lowest BCUT2D eigenvalue weighted by atomic mass is 9.94. The molecule has 0 aliphatic rings. The smallest absolute Gasteiger partial charge is 0.0490 e. The summed E-state index contributed by atoms with van der Waals surface area (Å²) in [7, 11) is 1.80. The average molecular weight is 268 g/mol. The van der Waals surface area contributed by atoms with Gasteiger partial charge < -0.3 is 4.74 Å². The predicted molar refractivity (Wildman–Crippen MR) is 84.9 cm³/mol. The third-order valence-corrected chi connectivity index (χ3v) is 3.77. The Bertz CT molecular complexity index is 420. The Balaban J connectivity index is 1.81. The molecule has 2 rings (SSSR count). The Kier molecular flexibility index (Phi) is 6.33. The quantitative estimate of drug-likeness (QED) is 0.684. The van der Waals surface area contributed by atoms with Gasteiger partial charge in [-0.05, 0) is 42.7 Å². The number of hydrogen-bond donors (Lipinski definition) is 0. The van der Waals surface area contributed by atoms with Crippen LogP contribution in [0.2, 0.25) is 0 Å². The van der Waals surface area contributed by atoms with Gasteiger partial charge in [-0.2, -0.15) is 0 Å². The Morgan fingerprint density at radius 1 is 0.750 bits per heavy atom. The van der Waals surface area contributed by atoms with E-state index in [1.54, 1.807) is 7.11 Å². The highest BCUT2D eigenvalue weighted by atomic mass is 16.5. The van der Waals surface area contributed by atoms with Crippen molar-refractivity contribution < 1.29 is 4.74 Å². The summed E-state index contributed by atoms with van der Waals surface area (Å²) in [4.78, 5) is 0. The van der Waals surface area contributed by atoms with Crippen molar-refractivity contribution in [2.75, 3.05) is 13.7 Å². The highest BCUT2D eigenvalue weighted by Gasteiger charge is 2.09. The fourth-order valence-electron chi connectivity index (χ4n) is 2.58. The number of aryl methyl sites for hydroxylation is 2. The fraction of sp³-hybridized carbons (Fsp3) is 0.368. The van der Waals surface area contributed by atoms with Gasteiger partial charge in [0, 0.05) is 13.7 Å². The first-order valence-corrected chi connectivity index (χ1v) is 7.45. The normalized spacial score (nSPS) is 10.9. The van der Waals surface area contributed by atoms with E-state index in [1.165, 1.54) is 24.0 Å². The molecule has 20 heavy (non-hydrogen) atoms. The maximum atomic E-state index is 5.38. The highest BCUT2D eigenvalue weighted by molar-refractivity contribution is 5.15. The fourth-order valence-corrected chi connectivity index (χ4v) is 2.58. The van der Waals surface area contributed by atoms with Crippen LogP contribution in [0.25, 0.3) is 0 Å². The molecule has 0 amide bonds. The van der Waals surface area contributed by atoms with E-state index in [2.05, 4.69) is 60.7 Å². The van der Waals surface area contributed by atoms with Crippen LogP contribution in [0.4, 0.5) is 0 Å². The topological polar surface area (TPSA) is 9.23 Å². The highest BCUT2D eigenvalue weighted by Crippen LogP contribution is 2.17. The lowest BCUT2D eigenvalue weighted by Gasteiger charge is -2.16. The molecule has 0 heterocycles. The first-order chi connectivity index (χ1) is 9.88. The van der Waals surface area contributed by atoms with E-state index in [1.807, 2.05) is 0 Å². The third-order valence-electron chi connectivity index (χ3n) is 3.77. The molecule has 1 nitrogen and oxygen atoms in total. The van der Waals surface area contributed by atoms with Crippen molar-refractivity contribution >= 4 is 0 Å². The van der Waals surface area contributed by atoms with E-state index in [4.69, 9.17) is 4.74 Å². The van der Waals surface area contributed by atoms with Crippen molar-refractivity contribution in [1.82, 2.24) is 0 Å². The number of benzene rings is 2. The standard InChI is InChI=1S/C19H24O/c1-20-16-19(14-12-17-8-4-2-5-9-17)15-13-18-10-6-3-7-11-18/h2-11,19H,12-16H2,1H3. The molecule has 1 heteroatoms. The third kappa shape index (κ3) is 5.18. The van der Waals surface area contributed by atoms with Crippen molar-refractivity contribution in [1.29, 1.82) is 0 Å². The minimum absolute atomic E-state index is 0.639. The Labute approximate surface area is 122 Å². The number of ether oxygens (including phenoxy) is 1. The summed E-state index contributed by atoms with van der Waals surface area (Å²) in [6.45, 7) is 0.861. The molecule has 0 saturated carbocycles. The van der Waals surface area contributed by atoms with Gasteiger partial charge in [0.2, 0.25) is 0 Å². The minimum atomic E-state index is 0.639. The second kappa shape index (κ2) is 8.55. The molecule has 0 atom stereocenters. The summed E-state index contributed by atoms with van der Waals surface area (Å²) in [6, 6.07) is 21.5. The molecule has 0 unspecified atom stereocenters. The maximum Gasteiger partial charge on any atom is 0.0490 e. The summed E-state index contributed by atoms with van der Waals surface area (Å²) >= 11 is 0. The molecule has 106 valence electrons. The van der Waals surface area contributed by atoms with Gasteiger partial charge in [0.05, 0.1) is 0 Å². The SMILES string of the molecule is COCC(CCc1ccccc1)CCc1ccccc1. The van der Waals surface area contributed by atoms with Crippen LogP contribution < -0.4 is 0 Å². The van der Waals surface area contributed by atoms with E-state index < -0.39 is 0 Å². The van der Waals surface area contributed by atoms with E-state index >= 15 is 0 Å². The zero-order valence-corrected chi connectivity index (χ0v) is 12.3. The lowest BCUT2D eigenvalue weighted by molar-refractivity contribution is 0.143. The van der Waals surface area contributed by atoms with Gasteiger partial charge in [-0.15, -0.1) is 0 Å². The molecule has 0 N–H and O–H groups in total. The molecule has 0 spiro atoms. The van der Waals surface area contributed by atoms with E-state index in [9.17, 15) is 0 Å². The van der Waals surface area contributed by atoms with Crippen LogP contribution in [-0.4, -0.2) is 13.7 Å². The Morgan fingerprint density at radius 3 is 1.60 bits per heavy atom. The molecule has 0 fully saturated rings. The van der Waals surface area contributed by atoms with Crippen LogP contribution in [-0.2, 0) is 17.6 Å². The van der Waals surface area contributed by atoms with Crippen molar-refractivity contribution in [2.24, 2.45) is 5.92 Å². The van der Waals surface area contributed by atoms with Crippen molar-refractivity contribution in [3.63, 3.8) is 0 Å². The number of hydrogen-bond acceptors (Lipinski definition) is 1. The number of rotatable bonds is 8. The summed E-state index contributed by atoms with van der Waals surface area (Å²) < 4.78 is 5.38. The van der Waals surface area contributed by atoms with Crippen molar-refractivity contribution in [3.05, 3.63) is 71.8 Å². The van der Waals surface area contributed by atoms with Crippen LogP contribution >= 0.6 is 0 Å². The van der Waals surface area contributed by atoms with Crippen molar-refractivity contribution in [3.8, 4) is 0 Å². The van der Waals surface area contributed by atoms with Gasteiger partial charge in [0.15, 0.2) is 0 Å². The Hall–Kier alpha value is -1.60. The van der Waals surface area contributed by atoms with E-state index in [0.29, 0.717) is 5.92 Å². The summed E-state index contributed by atoms with van der Waals surface area (Å²) in [6.07, 6.45) is 4.68. The molecule has 0 aliphatic heterocycles.